The molecule has 31 heavy (non-hydrogen) atoms. The molecule has 0 radical (unpaired) electrons. The first-order valence-electron chi connectivity index (χ1n) is 10.8. The Kier molecular flexibility index (Phi) is 5.43. The maximum Gasteiger partial charge on any atom is 0.321 e. The zero-order valence-corrected chi connectivity index (χ0v) is 17.6. The first kappa shape index (κ1) is 21.6. The van der Waals surface area contributed by atoms with Crippen molar-refractivity contribution in [2.75, 3.05) is 13.6 Å². The molecule has 1 aromatic rings. The summed E-state index contributed by atoms with van der Waals surface area (Å²) in [5.41, 5.74) is 12.6. The molecule has 2 aliphatic carbocycles. The first-order valence-corrected chi connectivity index (χ1v) is 10.8. The van der Waals surface area contributed by atoms with E-state index >= 15 is 0 Å². The first-order chi connectivity index (χ1) is 14.6. The molecule has 9 heteroatoms. The molecule has 3 aliphatic rings. The second kappa shape index (κ2) is 7.80. The molecule has 1 aliphatic heterocycles. The molecule has 0 aromatic heterocycles. The molecule has 0 spiro atoms. The Morgan fingerprint density at radius 2 is 2.06 bits per heavy atom. The summed E-state index contributed by atoms with van der Waals surface area (Å²) in [6.07, 6.45) is 3.59. The number of likely N-dealkylation sites (tertiary alicyclic amines) is 1. The standard InChI is InChI=1S/C22H30N4O5/c1-26-7-6-22-10-12(25-17(27)9-15(23)21(30)31)3-5-14(22)16(26)8-11-2-4-13(20(24)29)19(28)18(11)22/h2,4,12,14-16,28H,3,5-10,23H2,1H3,(H2,24,29)(H,25,27)(H,30,31)/t12-,14+,15-,16-,22+/m1/s1. The van der Waals surface area contributed by atoms with Crippen LogP contribution in [0.25, 0.3) is 0 Å². The van der Waals surface area contributed by atoms with Gasteiger partial charge in [-0.1, -0.05) is 6.07 Å². The number of aliphatic carboxylic acids is 1. The predicted molar refractivity (Wildman–Crippen MR) is 113 cm³/mol. The number of primary amides is 1. The highest BCUT2D eigenvalue weighted by Gasteiger charge is 2.56. The van der Waals surface area contributed by atoms with Crippen LogP contribution in [0.5, 0.6) is 5.75 Å². The number of amides is 2. The van der Waals surface area contributed by atoms with E-state index in [1.807, 2.05) is 6.07 Å². The Balaban J connectivity index is 1.68. The van der Waals surface area contributed by atoms with E-state index in [9.17, 15) is 19.5 Å². The van der Waals surface area contributed by atoms with Crippen LogP contribution in [-0.2, 0) is 21.4 Å². The van der Waals surface area contributed by atoms with Crippen molar-refractivity contribution in [3.8, 4) is 5.75 Å². The van der Waals surface area contributed by atoms with Crippen molar-refractivity contribution in [2.24, 2.45) is 17.4 Å². The molecular weight excluding hydrogens is 400 g/mol. The summed E-state index contributed by atoms with van der Waals surface area (Å²) in [4.78, 5) is 37.6. The number of carbonyl (C=O) groups is 3. The number of nitrogens with two attached hydrogens (primary N) is 2. The maximum absolute atomic E-state index is 12.4. The zero-order valence-electron chi connectivity index (χ0n) is 17.6. The number of nitrogens with one attached hydrogen (secondary N) is 1. The van der Waals surface area contributed by atoms with Gasteiger partial charge < -0.3 is 31.9 Å². The summed E-state index contributed by atoms with van der Waals surface area (Å²) < 4.78 is 0. The van der Waals surface area contributed by atoms with Gasteiger partial charge in [-0.2, -0.15) is 0 Å². The van der Waals surface area contributed by atoms with Crippen LogP contribution in [0.3, 0.4) is 0 Å². The summed E-state index contributed by atoms with van der Waals surface area (Å²) in [7, 11) is 2.12. The van der Waals surface area contributed by atoms with Gasteiger partial charge in [-0.3, -0.25) is 14.4 Å². The average molecular weight is 431 g/mol. The number of likely N-dealkylation sites (N-methyl/N-ethyl adjacent to an activating group) is 1. The molecule has 9 nitrogen and oxygen atoms in total. The SMILES string of the molecule is CN1CC[C@]23C[C@H](NC(=O)C[C@@H](N)C(=O)O)CC[C@H]2[C@H]1Cc1ccc(C(N)=O)c(O)c13. The average Bonchev–Trinajstić information content (AvgIpc) is 2.69. The molecule has 1 aromatic carbocycles. The minimum atomic E-state index is -1.24. The van der Waals surface area contributed by atoms with E-state index in [0.717, 1.165) is 43.4 Å². The number of nitrogens with zero attached hydrogens (tertiary/aromatic N) is 1. The monoisotopic (exact) mass is 430 g/mol. The molecule has 5 atom stereocenters. The Morgan fingerprint density at radius 3 is 2.74 bits per heavy atom. The molecule has 1 saturated heterocycles. The van der Waals surface area contributed by atoms with Crippen molar-refractivity contribution in [3.05, 3.63) is 28.8 Å². The van der Waals surface area contributed by atoms with Crippen molar-refractivity contribution in [1.29, 1.82) is 0 Å². The highest BCUT2D eigenvalue weighted by Crippen LogP contribution is 2.58. The van der Waals surface area contributed by atoms with Gasteiger partial charge in [0.05, 0.1) is 12.0 Å². The third-order valence-electron chi connectivity index (χ3n) is 7.63. The van der Waals surface area contributed by atoms with Crippen LogP contribution in [0, 0.1) is 5.92 Å². The fourth-order valence-corrected chi connectivity index (χ4v) is 6.24. The van der Waals surface area contributed by atoms with Crippen LogP contribution in [0.2, 0.25) is 0 Å². The van der Waals surface area contributed by atoms with Gasteiger partial charge >= 0.3 is 5.97 Å². The number of phenols is 1. The quantitative estimate of drug-likeness (QED) is 0.442. The Morgan fingerprint density at radius 1 is 1.32 bits per heavy atom. The summed E-state index contributed by atoms with van der Waals surface area (Å²) in [5, 5.41) is 23.0. The lowest BCUT2D eigenvalue weighted by Crippen LogP contribution is -2.62. The maximum atomic E-state index is 12.4. The van der Waals surface area contributed by atoms with Gasteiger partial charge in [-0.15, -0.1) is 0 Å². The largest absolute Gasteiger partial charge is 0.507 e. The van der Waals surface area contributed by atoms with Crippen LogP contribution >= 0.6 is 0 Å². The van der Waals surface area contributed by atoms with E-state index in [2.05, 4.69) is 17.3 Å². The Labute approximate surface area is 180 Å². The number of carbonyl (C=O) groups excluding carboxylic acids is 2. The van der Waals surface area contributed by atoms with Crippen LogP contribution < -0.4 is 16.8 Å². The fraction of sp³-hybridized carbons (Fsp3) is 0.591. The number of hydrogen-bond donors (Lipinski definition) is 5. The third-order valence-corrected chi connectivity index (χ3v) is 7.63. The summed E-state index contributed by atoms with van der Waals surface area (Å²) >= 11 is 0. The lowest BCUT2D eigenvalue weighted by molar-refractivity contribution is -0.140. The number of benzene rings is 1. The van der Waals surface area contributed by atoms with Crippen molar-refractivity contribution < 1.29 is 24.6 Å². The van der Waals surface area contributed by atoms with Gasteiger partial charge in [0, 0.05) is 23.1 Å². The number of hydrogen-bond acceptors (Lipinski definition) is 6. The number of carboxylic acids is 1. The van der Waals surface area contributed by atoms with Crippen LogP contribution in [0.15, 0.2) is 12.1 Å². The van der Waals surface area contributed by atoms with Crippen LogP contribution in [0.1, 0.15) is 53.6 Å². The van der Waals surface area contributed by atoms with Gasteiger partial charge in [-0.05, 0) is 63.2 Å². The van der Waals surface area contributed by atoms with E-state index < -0.39 is 17.9 Å². The number of rotatable bonds is 5. The molecule has 1 saturated carbocycles. The molecule has 2 amide bonds. The van der Waals surface area contributed by atoms with Crippen molar-refractivity contribution >= 4 is 17.8 Å². The van der Waals surface area contributed by atoms with Gasteiger partial charge in [0.15, 0.2) is 0 Å². The van der Waals surface area contributed by atoms with Crippen molar-refractivity contribution in [1.82, 2.24) is 10.2 Å². The topological polar surface area (TPSA) is 159 Å². The van der Waals surface area contributed by atoms with E-state index in [0.29, 0.717) is 18.4 Å². The lowest BCUT2D eigenvalue weighted by Gasteiger charge is -2.59. The van der Waals surface area contributed by atoms with Crippen LogP contribution in [0.4, 0.5) is 0 Å². The third kappa shape index (κ3) is 3.55. The molecule has 1 heterocycles. The molecule has 168 valence electrons. The predicted octanol–water partition coefficient (Wildman–Crippen LogP) is 0.0760. The zero-order chi connectivity index (χ0) is 22.5. The lowest BCUT2D eigenvalue weighted by atomic mass is 9.51. The highest BCUT2D eigenvalue weighted by molar-refractivity contribution is 5.96. The van der Waals surface area contributed by atoms with E-state index in [4.69, 9.17) is 16.6 Å². The number of piperidine rings is 1. The smallest absolute Gasteiger partial charge is 0.321 e. The highest BCUT2D eigenvalue weighted by atomic mass is 16.4. The number of carboxylic acid groups (broad SMARTS) is 1. The molecule has 0 unspecified atom stereocenters. The van der Waals surface area contributed by atoms with Gasteiger partial charge in [-0.25, -0.2) is 0 Å². The fourth-order valence-electron chi connectivity index (χ4n) is 6.24. The van der Waals surface area contributed by atoms with Gasteiger partial charge in [0.25, 0.3) is 5.91 Å². The number of fused-ring (bicyclic) bond motifs is 1. The molecule has 4 rings (SSSR count). The van der Waals surface area contributed by atoms with Crippen molar-refractivity contribution in [3.63, 3.8) is 0 Å². The number of aromatic hydroxyl groups is 1. The van der Waals surface area contributed by atoms with E-state index in [1.54, 1.807) is 6.07 Å². The van der Waals surface area contributed by atoms with E-state index in [-0.39, 0.29) is 35.1 Å². The molecule has 7 N–H and O–H groups in total. The second-order valence-electron chi connectivity index (χ2n) is 9.32. The minimum Gasteiger partial charge on any atom is -0.507 e. The second-order valence-corrected chi connectivity index (χ2v) is 9.32. The van der Waals surface area contributed by atoms with Crippen molar-refractivity contribution in [2.45, 2.75) is 62.1 Å². The molecule has 2 fully saturated rings. The van der Waals surface area contributed by atoms with Crippen LogP contribution in [-0.4, -0.2) is 64.6 Å². The Hall–Kier alpha value is -2.65. The normalized spacial score (nSPS) is 30.6. The van der Waals surface area contributed by atoms with Gasteiger partial charge in [0.2, 0.25) is 5.91 Å². The summed E-state index contributed by atoms with van der Waals surface area (Å²) in [6.45, 7) is 0.853. The minimum absolute atomic E-state index is 0.0297. The summed E-state index contributed by atoms with van der Waals surface area (Å²) in [6, 6.07) is 2.43. The van der Waals surface area contributed by atoms with E-state index in [1.165, 1.54) is 0 Å². The molecular formula is C22H30N4O5. The van der Waals surface area contributed by atoms with Gasteiger partial charge in [0.1, 0.15) is 11.8 Å². The molecule has 2 bridgehead atoms. The Bertz CT molecular complexity index is 935. The summed E-state index contributed by atoms with van der Waals surface area (Å²) in [5.74, 6) is -1.99.